The molecule has 0 radical (unpaired) electrons. The van der Waals surface area contributed by atoms with Crippen molar-refractivity contribution in [2.24, 2.45) is 5.10 Å². The minimum atomic E-state index is -0.767. The zero-order chi connectivity index (χ0) is 17.7. The quantitative estimate of drug-likeness (QED) is 0.484. The van der Waals surface area contributed by atoms with Gasteiger partial charge in [0.25, 0.3) is 11.4 Å². The number of rotatable bonds is 6. The molecule has 0 aliphatic carbocycles. The van der Waals surface area contributed by atoms with Gasteiger partial charge in [-0.2, -0.15) is 5.10 Å². The molecule has 0 aliphatic heterocycles. The molecule has 0 spiro atoms. The predicted molar refractivity (Wildman–Crippen MR) is 84.1 cm³/mol. The lowest BCUT2D eigenvalue weighted by Crippen LogP contribution is -1.98. The van der Waals surface area contributed by atoms with Crippen molar-refractivity contribution in [2.75, 3.05) is 5.43 Å². The third-order valence-corrected chi connectivity index (χ3v) is 2.89. The Hall–Kier alpha value is -3.89. The van der Waals surface area contributed by atoms with Gasteiger partial charge in [-0.25, -0.2) is 0 Å². The van der Waals surface area contributed by atoms with E-state index in [1.54, 1.807) is 0 Å². The summed E-state index contributed by atoms with van der Waals surface area (Å²) < 4.78 is 0. The molecule has 0 atom stereocenters. The molecule has 0 aromatic heterocycles. The standard InChI is InChI=1S/C13H9N5O6/c19-16(20)10-3-1-9(2-4-10)8-14-15-12-6-5-11(17(21)22)7-13(12)18(23)24/h1-8,15H. The van der Waals surface area contributed by atoms with Gasteiger partial charge in [0.15, 0.2) is 0 Å². The SMILES string of the molecule is O=[N+]([O-])c1ccc(C=NNc2ccc([N+](=O)[O-])cc2[N+](=O)[O-])cc1. The molecule has 0 bridgehead atoms. The fourth-order valence-electron chi connectivity index (χ4n) is 1.74. The average Bonchev–Trinajstić information content (AvgIpc) is 2.55. The maximum absolute atomic E-state index is 11.0. The second-order valence-electron chi connectivity index (χ2n) is 4.43. The largest absolute Gasteiger partial charge is 0.301 e. The Bertz CT molecular complexity index is 833. The number of benzene rings is 2. The van der Waals surface area contributed by atoms with Crippen molar-refractivity contribution >= 4 is 29.0 Å². The Kier molecular flexibility index (Phi) is 4.75. The Morgan fingerprint density at radius 2 is 1.42 bits per heavy atom. The number of hydrogen-bond acceptors (Lipinski definition) is 8. The maximum atomic E-state index is 11.0. The molecule has 2 rings (SSSR count). The van der Waals surface area contributed by atoms with E-state index in [2.05, 4.69) is 10.5 Å². The van der Waals surface area contributed by atoms with Gasteiger partial charge in [-0.1, -0.05) is 0 Å². The van der Waals surface area contributed by atoms with E-state index >= 15 is 0 Å². The molecule has 2 aromatic rings. The van der Waals surface area contributed by atoms with Crippen LogP contribution in [0.15, 0.2) is 47.6 Å². The Morgan fingerprint density at radius 1 is 0.833 bits per heavy atom. The first-order valence-electron chi connectivity index (χ1n) is 6.35. The Balaban J connectivity index is 2.17. The topological polar surface area (TPSA) is 154 Å². The molecule has 0 heterocycles. The fourth-order valence-corrected chi connectivity index (χ4v) is 1.74. The van der Waals surface area contributed by atoms with Gasteiger partial charge in [0.1, 0.15) is 5.69 Å². The van der Waals surface area contributed by atoms with E-state index < -0.39 is 26.1 Å². The van der Waals surface area contributed by atoms with Gasteiger partial charge in [0, 0.05) is 18.2 Å². The van der Waals surface area contributed by atoms with Crippen LogP contribution >= 0.6 is 0 Å². The van der Waals surface area contributed by atoms with Crippen LogP contribution in [0.5, 0.6) is 0 Å². The van der Waals surface area contributed by atoms with Crippen molar-refractivity contribution < 1.29 is 14.8 Å². The van der Waals surface area contributed by atoms with Crippen LogP contribution in [0.25, 0.3) is 0 Å². The third kappa shape index (κ3) is 3.85. The summed E-state index contributed by atoms with van der Waals surface area (Å²) >= 11 is 0. The number of nitrogens with one attached hydrogen (secondary N) is 1. The number of nitrogens with zero attached hydrogens (tertiary/aromatic N) is 4. The summed E-state index contributed by atoms with van der Waals surface area (Å²) in [6, 6.07) is 8.58. The minimum absolute atomic E-state index is 0.0243. The summed E-state index contributed by atoms with van der Waals surface area (Å²) in [5, 5.41) is 35.9. The normalized spacial score (nSPS) is 10.5. The molecule has 11 nitrogen and oxygen atoms in total. The van der Waals surface area contributed by atoms with Crippen molar-refractivity contribution in [1.82, 2.24) is 0 Å². The highest BCUT2D eigenvalue weighted by atomic mass is 16.6. The predicted octanol–water partition coefficient (Wildman–Crippen LogP) is 2.86. The number of anilines is 1. The number of non-ortho nitro benzene ring substituents is 2. The Morgan fingerprint density at radius 3 is 1.96 bits per heavy atom. The summed E-state index contributed by atoms with van der Waals surface area (Å²) in [5.41, 5.74) is 1.94. The van der Waals surface area contributed by atoms with Gasteiger partial charge in [0.2, 0.25) is 0 Å². The maximum Gasteiger partial charge on any atom is 0.301 e. The molecule has 0 saturated carbocycles. The second-order valence-corrected chi connectivity index (χ2v) is 4.43. The number of nitro groups is 3. The minimum Gasteiger partial charge on any atom is -0.272 e. The van der Waals surface area contributed by atoms with Gasteiger partial charge in [-0.15, -0.1) is 0 Å². The zero-order valence-corrected chi connectivity index (χ0v) is 11.9. The van der Waals surface area contributed by atoms with Gasteiger partial charge < -0.3 is 0 Å². The van der Waals surface area contributed by atoms with Crippen LogP contribution < -0.4 is 5.43 Å². The van der Waals surface area contributed by atoms with E-state index in [0.717, 1.165) is 12.1 Å². The number of nitro benzene ring substituents is 3. The van der Waals surface area contributed by atoms with Gasteiger partial charge in [-0.3, -0.25) is 35.8 Å². The van der Waals surface area contributed by atoms with E-state index in [9.17, 15) is 30.3 Å². The van der Waals surface area contributed by atoms with Crippen molar-refractivity contribution in [1.29, 1.82) is 0 Å². The van der Waals surface area contributed by atoms with Crippen molar-refractivity contribution in [3.63, 3.8) is 0 Å². The summed E-state index contributed by atoms with van der Waals surface area (Å²) in [6.07, 6.45) is 1.30. The third-order valence-electron chi connectivity index (χ3n) is 2.89. The molecular formula is C13H9N5O6. The van der Waals surface area contributed by atoms with Crippen molar-refractivity contribution in [2.45, 2.75) is 0 Å². The first-order chi connectivity index (χ1) is 11.4. The number of hydrogen-bond donors (Lipinski definition) is 1. The van der Waals surface area contributed by atoms with Crippen LogP contribution in [0.2, 0.25) is 0 Å². The molecule has 0 saturated heterocycles. The molecule has 2 aromatic carbocycles. The molecule has 0 unspecified atom stereocenters. The summed E-state index contributed by atoms with van der Waals surface area (Å²) in [4.78, 5) is 30.1. The van der Waals surface area contributed by atoms with E-state index in [4.69, 9.17) is 0 Å². The van der Waals surface area contributed by atoms with E-state index in [1.807, 2.05) is 0 Å². The van der Waals surface area contributed by atoms with Gasteiger partial charge in [0.05, 0.1) is 27.1 Å². The van der Waals surface area contributed by atoms with Crippen LogP contribution in [-0.4, -0.2) is 21.0 Å². The first kappa shape index (κ1) is 16.5. The lowest BCUT2D eigenvalue weighted by molar-refractivity contribution is -0.393. The molecule has 0 fully saturated rings. The van der Waals surface area contributed by atoms with Crippen LogP contribution in [0.1, 0.15) is 5.56 Å². The molecular weight excluding hydrogens is 322 g/mol. The molecule has 0 aliphatic rings. The monoisotopic (exact) mass is 331 g/mol. The van der Waals surface area contributed by atoms with Gasteiger partial charge >= 0.3 is 5.69 Å². The first-order valence-corrected chi connectivity index (χ1v) is 6.35. The zero-order valence-electron chi connectivity index (χ0n) is 11.9. The highest BCUT2D eigenvalue weighted by Gasteiger charge is 2.19. The van der Waals surface area contributed by atoms with Crippen LogP contribution in [0.3, 0.4) is 0 Å². The Labute approximate surface area is 133 Å². The van der Waals surface area contributed by atoms with E-state index in [0.29, 0.717) is 5.56 Å². The molecule has 0 amide bonds. The smallest absolute Gasteiger partial charge is 0.272 e. The highest BCUT2D eigenvalue weighted by Crippen LogP contribution is 2.28. The van der Waals surface area contributed by atoms with Gasteiger partial charge in [-0.05, 0) is 23.8 Å². The van der Waals surface area contributed by atoms with E-state index in [-0.39, 0.29) is 11.4 Å². The average molecular weight is 331 g/mol. The van der Waals surface area contributed by atoms with E-state index in [1.165, 1.54) is 36.5 Å². The highest BCUT2D eigenvalue weighted by molar-refractivity contribution is 5.81. The molecule has 24 heavy (non-hydrogen) atoms. The van der Waals surface area contributed by atoms with Crippen molar-refractivity contribution in [3.8, 4) is 0 Å². The number of hydrazone groups is 1. The summed E-state index contributed by atoms with van der Waals surface area (Å²) in [7, 11) is 0. The molecule has 1 N–H and O–H groups in total. The lowest BCUT2D eigenvalue weighted by Gasteiger charge is -2.01. The van der Waals surface area contributed by atoms with Crippen LogP contribution in [0, 0.1) is 30.3 Å². The van der Waals surface area contributed by atoms with Crippen molar-refractivity contribution in [3.05, 3.63) is 78.4 Å². The lowest BCUT2D eigenvalue weighted by atomic mass is 10.2. The fraction of sp³-hybridized carbons (Fsp3) is 0. The second kappa shape index (κ2) is 6.91. The summed E-state index contributed by atoms with van der Waals surface area (Å²) in [6.45, 7) is 0. The van der Waals surface area contributed by atoms with Crippen LogP contribution in [-0.2, 0) is 0 Å². The van der Waals surface area contributed by atoms with Crippen LogP contribution in [0.4, 0.5) is 22.7 Å². The summed E-state index contributed by atoms with van der Waals surface area (Å²) in [5.74, 6) is 0. The molecule has 11 heteroatoms. The molecule has 122 valence electrons.